The Kier molecular flexibility index (Phi) is 9.62. The van der Waals surface area contributed by atoms with Crippen LogP contribution in [0.1, 0.15) is 56.2 Å². The van der Waals surface area contributed by atoms with E-state index in [1.165, 1.54) is 0 Å². The number of anilines is 1. The molecule has 3 rings (SSSR count). The maximum atomic E-state index is 13.4. The topological polar surface area (TPSA) is 163 Å². The van der Waals surface area contributed by atoms with Gasteiger partial charge in [-0.25, -0.2) is 4.79 Å². The van der Waals surface area contributed by atoms with Gasteiger partial charge in [-0.3, -0.25) is 14.4 Å². The largest absolute Gasteiger partial charge is 0.392 e. The van der Waals surface area contributed by atoms with Crippen molar-refractivity contribution in [3.8, 4) is 0 Å². The molecule has 0 aromatic heterocycles. The second kappa shape index (κ2) is 12.9. The smallest absolute Gasteiger partial charge is 0.312 e. The lowest BCUT2D eigenvalue weighted by atomic mass is 9.67. The zero-order valence-corrected chi connectivity index (χ0v) is 21.0. The van der Waals surface area contributed by atoms with E-state index in [4.69, 9.17) is 5.73 Å². The molecule has 10 nitrogen and oxygen atoms in total. The Morgan fingerprint density at radius 1 is 0.973 bits per heavy atom. The van der Waals surface area contributed by atoms with Gasteiger partial charge in [0.15, 0.2) is 0 Å². The average molecular weight is 510 g/mol. The van der Waals surface area contributed by atoms with Crippen molar-refractivity contribution in [3.63, 3.8) is 0 Å². The third kappa shape index (κ3) is 7.29. The summed E-state index contributed by atoms with van der Waals surface area (Å²) in [5, 5.41) is 20.2. The predicted molar refractivity (Wildman–Crippen MR) is 139 cm³/mol. The molecular formula is C27H35N5O5. The normalized spacial score (nSPS) is 15.4. The second-order valence-electron chi connectivity index (χ2n) is 9.35. The summed E-state index contributed by atoms with van der Waals surface area (Å²) < 4.78 is 0. The Hall–Kier alpha value is -3.92. The minimum absolute atomic E-state index is 0.118. The fraction of sp³-hybridized carbons (Fsp3) is 0.407. The van der Waals surface area contributed by atoms with Crippen LogP contribution in [0.2, 0.25) is 0 Å². The number of nitrogens with two attached hydrogens (primary N) is 1. The number of urea groups is 1. The van der Waals surface area contributed by atoms with Crippen LogP contribution in [0.25, 0.3) is 0 Å². The van der Waals surface area contributed by atoms with Crippen LogP contribution in [0.4, 0.5) is 10.5 Å². The third-order valence-corrected chi connectivity index (χ3v) is 6.72. The Morgan fingerprint density at radius 3 is 2.19 bits per heavy atom. The van der Waals surface area contributed by atoms with Gasteiger partial charge >= 0.3 is 6.03 Å². The highest BCUT2D eigenvalue weighted by Crippen LogP contribution is 2.42. The Labute approximate surface area is 216 Å². The van der Waals surface area contributed by atoms with Gasteiger partial charge in [0, 0.05) is 12.2 Å². The molecule has 2 atom stereocenters. The molecule has 7 N–H and O–H groups in total. The van der Waals surface area contributed by atoms with Crippen molar-refractivity contribution in [1.82, 2.24) is 16.0 Å². The molecule has 0 bridgehead atoms. The van der Waals surface area contributed by atoms with E-state index < -0.39 is 29.3 Å². The highest BCUT2D eigenvalue weighted by Gasteiger charge is 2.51. The monoisotopic (exact) mass is 509 g/mol. The van der Waals surface area contributed by atoms with Crippen molar-refractivity contribution < 1.29 is 24.3 Å². The summed E-state index contributed by atoms with van der Waals surface area (Å²) in [7, 11) is 0. The number of rotatable bonds is 12. The Morgan fingerprint density at radius 2 is 1.62 bits per heavy atom. The van der Waals surface area contributed by atoms with E-state index in [-0.39, 0.29) is 31.5 Å². The number of carbonyl (C=O) groups is 4. The molecule has 1 fully saturated rings. The van der Waals surface area contributed by atoms with E-state index in [1.54, 1.807) is 24.3 Å². The molecular weight excluding hydrogens is 474 g/mol. The second-order valence-corrected chi connectivity index (χ2v) is 9.35. The molecule has 0 aliphatic heterocycles. The summed E-state index contributed by atoms with van der Waals surface area (Å²) in [6.45, 7) is 1.98. The number of hydrogen-bond acceptors (Lipinski definition) is 5. The van der Waals surface area contributed by atoms with Gasteiger partial charge in [0.1, 0.15) is 11.5 Å². The van der Waals surface area contributed by atoms with Crippen molar-refractivity contribution >= 4 is 29.4 Å². The van der Waals surface area contributed by atoms with Gasteiger partial charge in [-0.2, -0.15) is 0 Å². The summed E-state index contributed by atoms with van der Waals surface area (Å²) in [6, 6.07) is 14.3. The number of benzene rings is 2. The first-order chi connectivity index (χ1) is 17.7. The summed E-state index contributed by atoms with van der Waals surface area (Å²) in [5.41, 5.74) is 6.00. The van der Waals surface area contributed by atoms with Crippen molar-refractivity contribution in [2.45, 2.75) is 57.7 Å². The van der Waals surface area contributed by atoms with Crippen LogP contribution in [-0.2, 0) is 21.0 Å². The average Bonchev–Trinajstić information content (AvgIpc) is 2.86. The van der Waals surface area contributed by atoms with Crippen LogP contribution < -0.4 is 27.0 Å². The van der Waals surface area contributed by atoms with Crippen LogP contribution in [0.3, 0.4) is 0 Å². The number of aliphatic hydroxyl groups is 1. The van der Waals surface area contributed by atoms with Crippen LogP contribution in [-0.4, -0.2) is 41.4 Å². The number of carbonyl (C=O) groups excluding carboxylic acids is 4. The number of nitrogens with one attached hydrogen (secondary N) is 4. The summed E-state index contributed by atoms with van der Waals surface area (Å²) in [5.74, 6) is -1.30. The van der Waals surface area contributed by atoms with Crippen molar-refractivity contribution in [2.75, 3.05) is 11.9 Å². The van der Waals surface area contributed by atoms with Gasteiger partial charge in [0.05, 0.1) is 12.6 Å². The first-order valence-electron chi connectivity index (χ1n) is 12.5. The number of aliphatic hydroxyl groups excluding tert-OH is 1. The molecule has 1 aliphatic rings. The van der Waals surface area contributed by atoms with Crippen LogP contribution >= 0.6 is 0 Å². The van der Waals surface area contributed by atoms with Gasteiger partial charge in [0.2, 0.25) is 17.7 Å². The summed E-state index contributed by atoms with van der Waals surface area (Å²) in [4.78, 5) is 50.8. The molecule has 2 unspecified atom stereocenters. The first-order valence-corrected chi connectivity index (χ1v) is 12.5. The van der Waals surface area contributed by atoms with Gasteiger partial charge in [-0.1, -0.05) is 48.9 Å². The Balaban J connectivity index is 1.69. The molecule has 198 valence electrons. The van der Waals surface area contributed by atoms with E-state index in [1.807, 2.05) is 37.3 Å². The molecule has 2 aromatic rings. The van der Waals surface area contributed by atoms with Gasteiger partial charge in [0.25, 0.3) is 0 Å². The summed E-state index contributed by atoms with van der Waals surface area (Å²) >= 11 is 0. The number of hydrogen-bond donors (Lipinski definition) is 6. The Bertz CT molecular complexity index is 1090. The van der Waals surface area contributed by atoms with Crippen molar-refractivity contribution in [2.24, 2.45) is 11.1 Å². The highest BCUT2D eigenvalue weighted by molar-refractivity contribution is 6.08. The molecule has 10 heteroatoms. The van der Waals surface area contributed by atoms with Gasteiger partial charge in [-0.15, -0.1) is 0 Å². The highest BCUT2D eigenvalue weighted by atomic mass is 16.3. The molecule has 37 heavy (non-hydrogen) atoms. The summed E-state index contributed by atoms with van der Waals surface area (Å²) in [6.07, 6.45) is 2.13. The minimum atomic E-state index is -1.24. The van der Waals surface area contributed by atoms with Gasteiger partial charge in [-0.05, 0) is 55.9 Å². The standard InChI is InChI=1S/C27H35N5O5/c1-18(20-7-3-2-4-8-20)30-24(35)27(14-6-15-27)25(36)32-22(9-5-16-29-26(28)37)23(34)31-21-12-10-19(17-33)11-13-21/h2-4,7-8,10-13,18,22,33H,5-6,9,14-17H2,1H3,(H,30,35)(H,31,34)(H,32,36)(H3,28,29,37). The lowest BCUT2D eigenvalue weighted by Crippen LogP contribution is -2.58. The van der Waals surface area contributed by atoms with E-state index in [0.717, 1.165) is 12.0 Å². The zero-order valence-electron chi connectivity index (χ0n) is 21.0. The van der Waals surface area contributed by atoms with Crippen LogP contribution in [0.5, 0.6) is 0 Å². The molecule has 2 aromatic carbocycles. The maximum Gasteiger partial charge on any atom is 0.312 e. The van der Waals surface area contributed by atoms with Crippen molar-refractivity contribution in [1.29, 1.82) is 0 Å². The van der Waals surface area contributed by atoms with E-state index in [2.05, 4.69) is 21.3 Å². The fourth-order valence-corrected chi connectivity index (χ4v) is 4.25. The lowest BCUT2D eigenvalue weighted by Gasteiger charge is -2.40. The number of amides is 5. The lowest BCUT2D eigenvalue weighted by molar-refractivity contribution is -0.151. The number of primary amides is 1. The minimum Gasteiger partial charge on any atom is -0.392 e. The molecule has 0 radical (unpaired) electrons. The maximum absolute atomic E-state index is 13.4. The van der Waals surface area contributed by atoms with Crippen LogP contribution in [0, 0.1) is 5.41 Å². The fourth-order valence-electron chi connectivity index (χ4n) is 4.25. The van der Waals surface area contributed by atoms with Gasteiger partial charge < -0.3 is 32.1 Å². The molecule has 0 heterocycles. The van der Waals surface area contributed by atoms with E-state index in [9.17, 15) is 24.3 Å². The van der Waals surface area contributed by atoms with E-state index >= 15 is 0 Å². The van der Waals surface area contributed by atoms with Crippen LogP contribution in [0.15, 0.2) is 54.6 Å². The molecule has 1 aliphatic carbocycles. The SMILES string of the molecule is CC(NC(=O)C1(C(=O)NC(CCCNC(N)=O)C(=O)Nc2ccc(CO)cc2)CCC1)c1ccccc1. The molecule has 1 saturated carbocycles. The third-order valence-electron chi connectivity index (χ3n) is 6.72. The molecule has 5 amide bonds. The zero-order chi connectivity index (χ0) is 26.8. The predicted octanol–water partition coefficient (Wildman–Crippen LogP) is 2.10. The first kappa shape index (κ1) is 27.7. The molecule has 0 saturated heterocycles. The quantitative estimate of drug-likeness (QED) is 0.190. The van der Waals surface area contributed by atoms with E-state index in [0.29, 0.717) is 30.5 Å². The molecule has 0 spiro atoms. The van der Waals surface area contributed by atoms with Crippen molar-refractivity contribution in [3.05, 3.63) is 65.7 Å².